The van der Waals surface area contributed by atoms with Crippen LogP contribution in [0, 0.1) is 5.92 Å². The van der Waals surface area contributed by atoms with Crippen LogP contribution in [0.5, 0.6) is 0 Å². The lowest BCUT2D eigenvalue weighted by atomic mass is 10.1. The molecule has 0 bridgehead atoms. The molecule has 134 valence electrons. The van der Waals surface area contributed by atoms with E-state index >= 15 is 0 Å². The highest BCUT2D eigenvalue weighted by Crippen LogP contribution is 2.03. The normalized spacial score (nSPS) is 11.6. The van der Waals surface area contributed by atoms with Crippen molar-refractivity contribution in [1.82, 2.24) is 0 Å². The minimum Gasteiger partial charge on any atom is -0.480 e. The number of hydrogen-bond donors (Lipinski definition) is 5. The topological polar surface area (TPSA) is 171 Å². The molecule has 0 aromatic heterocycles. The molecule has 0 saturated carbocycles. The number of aliphatic carboxylic acids is 2. The Balaban J connectivity index is -0.000000301. The number of aliphatic imine (C=N–C) groups is 1. The molecule has 0 spiro atoms. The molecule has 0 rings (SSSR count). The Morgan fingerprint density at radius 2 is 1.74 bits per heavy atom. The summed E-state index contributed by atoms with van der Waals surface area (Å²) in [6, 6.07) is -1.61. The maximum absolute atomic E-state index is 10.3. The van der Waals surface area contributed by atoms with E-state index in [1.54, 1.807) is 0 Å². The van der Waals surface area contributed by atoms with Crippen molar-refractivity contribution in [2.24, 2.45) is 16.6 Å². The van der Waals surface area contributed by atoms with E-state index in [9.17, 15) is 14.4 Å². The number of carbonyl (C=O) groups excluding carboxylic acids is 1. The van der Waals surface area contributed by atoms with Crippen LogP contribution < -0.4 is 5.73 Å². The SMILES string of the molecule is CC(C)C[C@H](N)C(=O)O.CSCC[C@H](N=C=O)C(=O)O.OBO. The number of rotatable bonds is 8. The molecule has 0 radical (unpaired) electrons. The maximum atomic E-state index is 10.3. The zero-order valence-electron chi connectivity index (χ0n) is 13.5. The molecule has 0 amide bonds. The smallest absolute Gasteiger partial charge is 0.432 e. The van der Waals surface area contributed by atoms with Crippen molar-refractivity contribution in [2.45, 2.75) is 38.8 Å². The van der Waals surface area contributed by atoms with Crippen LogP contribution in [0.2, 0.25) is 0 Å². The Morgan fingerprint density at radius 3 is 1.96 bits per heavy atom. The monoisotopic (exact) mass is 352 g/mol. The first-order valence-electron chi connectivity index (χ1n) is 6.66. The zero-order chi connectivity index (χ0) is 18.8. The predicted octanol–water partition coefficient (Wildman–Crippen LogP) is -0.790. The summed E-state index contributed by atoms with van der Waals surface area (Å²) in [6.45, 7) is 3.89. The van der Waals surface area contributed by atoms with Gasteiger partial charge in [0.2, 0.25) is 6.08 Å². The summed E-state index contributed by atoms with van der Waals surface area (Å²) in [5.41, 5.74) is 5.22. The molecule has 0 fully saturated rings. The van der Waals surface area contributed by atoms with Crippen LogP contribution in [0.15, 0.2) is 4.99 Å². The van der Waals surface area contributed by atoms with E-state index in [0.717, 1.165) is 0 Å². The first-order chi connectivity index (χ1) is 10.7. The highest BCUT2D eigenvalue weighted by molar-refractivity contribution is 7.98. The third-order valence-corrected chi connectivity index (χ3v) is 2.78. The first-order valence-corrected chi connectivity index (χ1v) is 8.05. The minimum absolute atomic E-state index is 0.357. The molecule has 9 nitrogen and oxygen atoms in total. The van der Waals surface area contributed by atoms with E-state index in [4.69, 9.17) is 26.0 Å². The fraction of sp³-hybridized carbons (Fsp3) is 0.750. The Kier molecular flexibility index (Phi) is 21.5. The summed E-state index contributed by atoms with van der Waals surface area (Å²) >= 11 is 1.52. The fourth-order valence-electron chi connectivity index (χ4n) is 1.15. The molecule has 0 heterocycles. The van der Waals surface area contributed by atoms with Crippen LogP contribution in [-0.2, 0) is 14.4 Å². The summed E-state index contributed by atoms with van der Waals surface area (Å²) < 4.78 is 0. The molecule has 0 aliphatic rings. The highest BCUT2D eigenvalue weighted by atomic mass is 32.2. The van der Waals surface area contributed by atoms with Gasteiger partial charge in [0.25, 0.3) is 0 Å². The van der Waals surface area contributed by atoms with Gasteiger partial charge in [-0.05, 0) is 30.8 Å². The number of thioether (sulfide) groups is 1. The average Bonchev–Trinajstić information content (AvgIpc) is 2.44. The van der Waals surface area contributed by atoms with Gasteiger partial charge in [0.05, 0.1) is 0 Å². The van der Waals surface area contributed by atoms with Crippen molar-refractivity contribution in [1.29, 1.82) is 0 Å². The van der Waals surface area contributed by atoms with Gasteiger partial charge in [0, 0.05) is 0 Å². The van der Waals surface area contributed by atoms with Crippen LogP contribution in [-0.4, -0.2) is 70.1 Å². The van der Waals surface area contributed by atoms with E-state index in [0.29, 0.717) is 24.5 Å². The summed E-state index contributed by atoms with van der Waals surface area (Å²) in [4.78, 5) is 33.3. The summed E-state index contributed by atoms with van der Waals surface area (Å²) in [6.07, 6.45) is 4.04. The summed E-state index contributed by atoms with van der Waals surface area (Å²) in [7, 11) is -0.750. The summed E-state index contributed by atoms with van der Waals surface area (Å²) in [5.74, 6) is -0.940. The van der Waals surface area contributed by atoms with E-state index in [1.807, 2.05) is 20.1 Å². The molecule has 0 aromatic rings. The lowest BCUT2D eigenvalue weighted by Crippen LogP contribution is -2.31. The molecule has 0 aromatic carbocycles. The van der Waals surface area contributed by atoms with Crippen LogP contribution >= 0.6 is 11.8 Å². The van der Waals surface area contributed by atoms with Crippen molar-refractivity contribution >= 4 is 37.5 Å². The van der Waals surface area contributed by atoms with Gasteiger partial charge in [-0.15, -0.1) is 0 Å². The van der Waals surface area contributed by atoms with Crippen LogP contribution in [0.4, 0.5) is 0 Å². The fourth-order valence-corrected chi connectivity index (χ4v) is 1.60. The summed E-state index contributed by atoms with van der Waals surface area (Å²) in [5, 5.41) is 31.0. The van der Waals surface area contributed by atoms with Crippen molar-refractivity contribution in [3.63, 3.8) is 0 Å². The second kappa shape index (κ2) is 18.7. The number of nitrogens with two attached hydrogens (primary N) is 1. The lowest BCUT2D eigenvalue weighted by Gasteiger charge is -2.07. The van der Waals surface area contributed by atoms with E-state index in [2.05, 4.69) is 4.99 Å². The van der Waals surface area contributed by atoms with Crippen LogP contribution in [0.3, 0.4) is 0 Å². The molecule has 0 aliphatic heterocycles. The van der Waals surface area contributed by atoms with E-state index < -0.39 is 31.7 Å². The number of nitrogens with zero attached hydrogens (tertiary/aromatic N) is 1. The molecule has 11 heteroatoms. The number of carboxylic acids is 2. The van der Waals surface area contributed by atoms with Crippen molar-refractivity contribution < 1.29 is 34.6 Å². The van der Waals surface area contributed by atoms with Gasteiger partial charge in [-0.25, -0.2) is 9.59 Å². The highest BCUT2D eigenvalue weighted by Gasteiger charge is 2.14. The molecule has 6 N–H and O–H groups in total. The number of carbonyl (C=O) groups is 2. The first kappa shape index (κ1) is 26.5. The number of carboxylic acid groups (broad SMARTS) is 2. The van der Waals surface area contributed by atoms with Crippen LogP contribution in [0.1, 0.15) is 26.7 Å². The quantitative estimate of drug-likeness (QED) is 0.213. The third-order valence-electron chi connectivity index (χ3n) is 2.13. The van der Waals surface area contributed by atoms with Gasteiger partial charge in [0.15, 0.2) is 6.04 Å². The second-order valence-corrected chi connectivity index (χ2v) is 5.56. The third kappa shape index (κ3) is 23.0. The molecule has 2 atom stereocenters. The molecule has 0 unspecified atom stereocenters. The van der Waals surface area contributed by atoms with Crippen molar-refractivity contribution in [3.8, 4) is 0 Å². The van der Waals surface area contributed by atoms with Gasteiger partial charge in [0.1, 0.15) is 6.04 Å². The Labute approximate surface area is 140 Å². The number of hydrogen-bond acceptors (Lipinski definition) is 8. The Morgan fingerprint density at radius 1 is 1.26 bits per heavy atom. The molecule has 0 aliphatic carbocycles. The molecule has 0 saturated heterocycles. The van der Waals surface area contributed by atoms with Crippen LogP contribution in [0.25, 0.3) is 0 Å². The number of isocyanates is 1. The zero-order valence-corrected chi connectivity index (χ0v) is 14.3. The van der Waals surface area contributed by atoms with Gasteiger partial charge in [-0.1, -0.05) is 13.8 Å². The van der Waals surface area contributed by atoms with Gasteiger partial charge >= 0.3 is 19.6 Å². The van der Waals surface area contributed by atoms with Crippen molar-refractivity contribution in [2.75, 3.05) is 12.0 Å². The largest absolute Gasteiger partial charge is 0.480 e. The van der Waals surface area contributed by atoms with Gasteiger partial charge < -0.3 is 26.0 Å². The second-order valence-electron chi connectivity index (χ2n) is 4.57. The lowest BCUT2D eigenvalue weighted by molar-refractivity contribution is -0.139. The molecular weight excluding hydrogens is 327 g/mol. The standard InChI is InChI=1S/C6H9NO3S.C6H13NO2.BH3O2/c1-11-3-2-5(6(9)10)7-4-8;1-4(2)3-5(7)6(8)9;2-1-3/h5H,2-3H2,1H3,(H,9,10);4-5H,3,7H2,1-2H3,(H,8,9);1-3H/t2*5-;/m00./s1. The van der Waals surface area contributed by atoms with Gasteiger partial charge in [-0.2, -0.15) is 16.8 Å². The molecule has 23 heavy (non-hydrogen) atoms. The van der Waals surface area contributed by atoms with Crippen molar-refractivity contribution in [3.05, 3.63) is 0 Å². The predicted molar refractivity (Wildman–Crippen MR) is 89.2 cm³/mol. The minimum atomic E-state index is -1.07. The van der Waals surface area contributed by atoms with E-state index in [-0.39, 0.29) is 0 Å². The molecular formula is C12H25BN2O7S. The van der Waals surface area contributed by atoms with Gasteiger partial charge in [-0.3, -0.25) is 4.79 Å². The average molecular weight is 352 g/mol. The Bertz CT molecular complexity index is 363. The maximum Gasteiger partial charge on any atom is 0.432 e. The van der Waals surface area contributed by atoms with E-state index in [1.165, 1.54) is 17.8 Å². The Hall–Kier alpha value is -1.39.